The molecule has 104 valence electrons. The van der Waals surface area contributed by atoms with Crippen molar-refractivity contribution in [2.45, 2.75) is 18.9 Å². The molecule has 0 radical (unpaired) electrons. The molecule has 0 fully saturated rings. The van der Waals surface area contributed by atoms with Gasteiger partial charge in [0, 0.05) is 0 Å². The Hall–Kier alpha value is -2.10. The summed E-state index contributed by atoms with van der Waals surface area (Å²) >= 11 is 0. The lowest BCUT2D eigenvalue weighted by atomic mass is 10.1. The van der Waals surface area contributed by atoms with E-state index in [-0.39, 0.29) is 11.7 Å². The second-order valence-corrected chi connectivity index (χ2v) is 4.92. The van der Waals surface area contributed by atoms with Crippen molar-refractivity contribution in [2.24, 2.45) is 0 Å². The molecule has 0 saturated carbocycles. The molecule has 0 aromatic heterocycles. The molecular formula is C16H15F2NO. The monoisotopic (exact) mass is 275 g/mol. The highest BCUT2D eigenvalue weighted by molar-refractivity contribution is 5.50. The maximum absolute atomic E-state index is 13.7. The fourth-order valence-electron chi connectivity index (χ4n) is 2.65. The summed E-state index contributed by atoms with van der Waals surface area (Å²) in [5.74, 6) is -0.113. The maximum Gasteiger partial charge on any atom is 0.146 e. The Kier molecular flexibility index (Phi) is 3.30. The largest absolute Gasteiger partial charge is 0.497 e. The van der Waals surface area contributed by atoms with Crippen LogP contribution in [0, 0.1) is 11.6 Å². The molecule has 0 spiro atoms. The maximum atomic E-state index is 13.7. The predicted molar refractivity (Wildman–Crippen MR) is 74.0 cm³/mol. The van der Waals surface area contributed by atoms with E-state index in [1.807, 2.05) is 18.2 Å². The molecule has 20 heavy (non-hydrogen) atoms. The topological polar surface area (TPSA) is 21.3 Å². The van der Waals surface area contributed by atoms with Gasteiger partial charge in [0.25, 0.3) is 0 Å². The van der Waals surface area contributed by atoms with Crippen LogP contribution in [0.2, 0.25) is 0 Å². The molecule has 2 nitrogen and oxygen atoms in total. The third-order valence-electron chi connectivity index (χ3n) is 3.69. The van der Waals surface area contributed by atoms with E-state index in [4.69, 9.17) is 4.74 Å². The van der Waals surface area contributed by atoms with Gasteiger partial charge in [-0.3, -0.25) is 0 Å². The number of fused-ring (bicyclic) bond motifs is 1. The van der Waals surface area contributed by atoms with Gasteiger partial charge in [0.1, 0.15) is 17.4 Å². The van der Waals surface area contributed by atoms with Crippen LogP contribution in [0.5, 0.6) is 5.75 Å². The van der Waals surface area contributed by atoms with Gasteiger partial charge in [0.15, 0.2) is 0 Å². The van der Waals surface area contributed by atoms with Crippen LogP contribution in [0.25, 0.3) is 0 Å². The van der Waals surface area contributed by atoms with Crippen molar-refractivity contribution in [1.82, 2.24) is 0 Å². The minimum Gasteiger partial charge on any atom is -0.497 e. The fourth-order valence-corrected chi connectivity index (χ4v) is 2.65. The molecule has 2 aromatic carbocycles. The molecule has 4 heteroatoms. The highest BCUT2D eigenvalue weighted by Crippen LogP contribution is 2.36. The van der Waals surface area contributed by atoms with Crippen LogP contribution >= 0.6 is 0 Å². The molecule has 1 unspecified atom stereocenters. The quantitative estimate of drug-likeness (QED) is 0.911. The molecular weight excluding hydrogens is 260 g/mol. The minimum absolute atomic E-state index is 0.0172. The molecule has 3 rings (SSSR count). The van der Waals surface area contributed by atoms with Gasteiger partial charge in [-0.25, -0.2) is 8.78 Å². The lowest BCUT2D eigenvalue weighted by Crippen LogP contribution is -2.09. The molecule has 0 saturated heterocycles. The van der Waals surface area contributed by atoms with Gasteiger partial charge >= 0.3 is 0 Å². The van der Waals surface area contributed by atoms with Crippen molar-refractivity contribution in [3.05, 3.63) is 59.2 Å². The smallest absolute Gasteiger partial charge is 0.146 e. The summed E-state index contributed by atoms with van der Waals surface area (Å²) in [5, 5.41) is 3.09. The number of rotatable bonds is 3. The summed E-state index contributed by atoms with van der Waals surface area (Å²) in [7, 11) is 1.62. The van der Waals surface area contributed by atoms with E-state index >= 15 is 0 Å². The van der Waals surface area contributed by atoms with E-state index < -0.39 is 11.6 Å². The normalized spacial score (nSPS) is 16.9. The predicted octanol–water partition coefficient (Wildman–Crippen LogP) is 4.07. The number of halogens is 2. The Labute approximate surface area is 116 Å². The first-order valence-corrected chi connectivity index (χ1v) is 6.56. The number of methoxy groups -OCH3 is 1. The van der Waals surface area contributed by atoms with Crippen molar-refractivity contribution in [3.63, 3.8) is 0 Å². The minimum atomic E-state index is -0.447. The highest BCUT2D eigenvalue weighted by atomic mass is 19.1. The number of ether oxygens (including phenoxy) is 1. The molecule has 2 aromatic rings. The van der Waals surface area contributed by atoms with Crippen LogP contribution in [0.1, 0.15) is 23.6 Å². The fraction of sp³-hybridized carbons (Fsp3) is 0.250. The Bertz CT molecular complexity index is 642. The van der Waals surface area contributed by atoms with Gasteiger partial charge < -0.3 is 10.1 Å². The summed E-state index contributed by atoms with van der Waals surface area (Å²) in [6.45, 7) is 0. The van der Waals surface area contributed by atoms with Crippen molar-refractivity contribution in [1.29, 1.82) is 0 Å². The van der Waals surface area contributed by atoms with E-state index in [2.05, 4.69) is 5.32 Å². The standard InChI is InChI=1S/C16H15F2NO/c1-20-12-5-2-10-3-7-15(13(10)9-12)19-16-8-11(17)4-6-14(16)18/h2,4-6,8-9,15,19H,3,7H2,1H3. The van der Waals surface area contributed by atoms with E-state index in [1.54, 1.807) is 7.11 Å². The number of hydrogen-bond acceptors (Lipinski definition) is 2. The molecule has 0 heterocycles. The van der Waals surface area contributed by atoms with E-state index in [0.717, 1.165) is 36.3 Å². The van der Waals surface area contributed by atoms with E-state index in [0.29, 0.717) is 0 Å². The first-order chi connectivity index (χ1) is 9.67. The second-order valence-electron chi connectivity index (χ2n) is 4.92. The molecule has 0 amide bonds. The summed E-state index contributed by atoms with van der Waals surface area (Å²) < 4.78 is 32.1. The van der Waals surface area contributed by atoms with Crippen LogP contribution < -0.4 is 10.1 Å². The Morgan fingerprint density at radius 1 is 1.15 bits per heavy atom. The van der Waals surface area contributed by atoms with Gasteiger partial charge in [0.05, 0.1) is 18.8 Å². The number of benzene rings is 2. The average Bonchev–Trinajstić information content (AvgIpc) is 2.85. The third kappa shape index (κ3) is 2.33. The lowest BCUT2D eigenvalue weighted by molar-refractivity contribution is 0.414. The number of nitrogens with one attached hydrogen (secondary N) is 1. The van der Waals surface area contributed by atoms with Gasteiger partial charge in [-0.05, 0) is 54.3 Å². The number of hydrogen-bond donors (Lipinski definition) is 1. The first-order valence-electron chi connectivity index (χ1n) is 6.56. The van der Waals surface area contributed by atoms with Crippen molar-refractivity contribution < 1.29 is 13.5 Å². The van der Waals surface area contributed by atoms with Crippen LogP contribution in [-0.4, -0.2) is 7.11 Å². The van der Waals surface area contributed by atoms with Crippen LogP contribution in [0.3, 0.4) is 0 Å². The summed E-state index contributed by atoms with van der Waals surface area (Å²) in [5.41, 5.74) is 2.51. The van der Waals surface area contributed by atoms with Crippen molar-refractivity contribution >= 4 is 5.69 Å². The summed E-state index contributed by atoms with van der Waals surface area (Å²) in [4.78, 5) is 0. The summed E-state index contributed by atoms with van der Waals surface area (Å²) in [6, 6.07) is 9.33. The van der Waals surface area contributed by atoms with Gasteiger partial charge in [0.2, 0.25) is 0 Å². The molecule has 1 aliphatic rings. The summed E-state index contributed by atoms with van der Waals surface area (Å²) in [6.07, 6.45) is 1.78. The highest BCUT2D eigenvalue weighted by Gasteiger charge is 2.23. The molecule has 1 aliphatic carbocycles. The van der Waals surface area contributed by atoms with Crippen LogP contribution in [0.4, 0.5) is 14.5 Å². The Balaban J connectivity index is 1.89. The van der Waals surface area contributed by atoms with E-state index in [1.165, 1.54) is 11.6 Å². The second kappa shape index (κ2) is 5.12. The zero-order valence-electron chi connectivity index (χ0n) is 11.1. The first kappa shape index (κ1) is 12.9. The van der Waals surface area contributed by atoms with Crippen molar-refractivity contribution in [3.8, 4) is 5.75 Å². The number of aryl methyl sites for hydroxylation is 1. The number of anilines is 1. The molecule has 0 bridgehead atoms. The molecule has 1 atom stereocenters. The zero-order chi connectivity index (χ0) is 14.1. The SMILES string of the molecule is COc1ccc2c(c1)C(Nc1cc(F)ccc1F)CC2. The van der Waals surface area contributed by atoms with Gasteiger partial charge in [-0.2, -0.15) is 0 Å². The zero-order valence-corrected chi connectivity index (χ0v) is 11.1. The van der Waals surface area contributed by atoms with Crippen molar-refractivity contribution in [2.75, 3.05) is 12.4 Å². The van der Waals surface area contributed by atoms with Crippen LogP contribution in [-0.2, 0) is 6.42 Å². The average molecular weight is 275 g/mol. The Morgan fingerprint density at radius 2 is 2.00 bits per heavy atom. The van der Waals surface area contributed by atoms with Gasteiger partial charge in [-0.15, -0.1) is 0 Å². The van der Waals surface area contributed by atoms with E-state index in [9.17, 15) is 8.78 Å². The Morgan fingerprint density at radius 3 is 2.80 bits per heavy atom. The molecule has 1 N–H and O–H groups in total. The molecule has 0 aliphatic heterocycles. The van der Waals surface area contributed by atoms with Gasteiger partial charge in [-0.1, -0.05) is 6.07 Å². The van der Waals surface area contributed by atoms with Crippen LogP contribution in [0.15, 0.2) is 36.4 Å². The lowest BCUT2D eigenvalue weighted by Gasteiger charge is -2.16. The third-order valence-corrected chi connectivity index (χ3v) is 3.69.